The van der Waals surface area contributed by atoms with Gasteiger partial charge < -0.3 is 5.32 Å². The van der Waals surface area contributed by atoms with Crippen LogP contribution in [-0.4, -0.2) is 28.6 Å². The van der Waals surface area contributed by atoms with Gasteiger partial charge in [0.2, 0.25) is 0 Å². The number of hydrogen-bond donors (Lipinski definition) is 1. The summed E-state index contributed by atoms with van der Waals surface area (Å²) in [7, 11) is 2.04. The fourth-order valence-electron chi connectivity index (χ4n) is 1.30. The van der Waals surface area contributed by atoms with E-state index in [1.807, 2.05) is 18.8 Å². The summed E-state index contributed by atoms with van der Waals surface area (Å²) in [6, 6.07) is 0.523. The molecular formula is C12H22N2S2. The topological polar surface area (TPSA) is 24.9 Å². The minimum atomic E-state index is 0.341. The zero-order chi connectivity index (χ0) is 12.2. The van der Waals surface area contributed by atoms with Gasteiger partial charge in [0.1, 0.15) is 0 Å². The van der Waals surface area contributed by atoms with Crippen LogP contribution in [0.3, 0.4) is 0 Å². The summed E-state index contributed by atoms with van der Waals surface area (Å²) in [5.74, 6) is 1.14. The molecule has 1 aromatic heterocycles. The molecule has 0 aliphatic heterocycles. The van der Waals surface area contributed by atoms with E-state index < -0.39 is 0 Å². The summed E-state index contributed by atoms with van der Waals surface area (Å²) >= 11 is 3.77. The number of likely N-dealkylation sites (N-methyl/N-ethyl adjacent to an activating group) is 1. The van der Waals surface area contributed by atoms with E-state index in [9.17, 15) is 0 Å². The van der Waals surface area contributed by atoms with Gasteiger partial charge in [-0.15, -0.1) is 11.3 Å². The summed E-state index contributed by atoms with van der Waals surface area (Å²) in [4.78, 5) is 4.51. The van der Waals surface area contributed by atoms with Gasteiger partial charge in [-0.3, -0.25) is 0 Å². The van der Waals surface area contributed by atoms with E-state index in [1.165, 1.54) is 5.01 Å². The number of thioether (sulfide) groups is 1. The molecule has 1 aromatic rings. The summed E-state index contributed by atoms with van der Waals surface area (Å²) in [5.41, 5.74) is 1.14. The molecule has 0 radical (unpaired) electrons. The van der Waals surface area contributed by atoms with Crippen LogP contribution in [0.5, 0.6) is 0 Å². The number of hydrogen-bond acceptors (Lipinski definition) is 4. The average molecular weight is 258 g/mol. The van der Waals surface area contributed by atoms with Crippen LogP contribution in [0.2, 0.25) is 0 Å². The van der Waals surface area contributed by atoms with Crippen LogP contribution in [0, 0.1) is 6.92 Å². The van der Waals surface area contributed by atoms with Gasteiger partial charge in [0.25, 0.3) is 0 Å². The second-order valence-corrected chi connectivity index (χ2v) is 7.79. The van der Waals surface area contributed by atoms with Gasteiger partial charge in [-0.1, -0.05) is 20.8 Å². The molecule has 0 aliphatic carbocycles. The highest BCUT2D eigenvalue weighted by Crippen LogP contribution is 2.24. The van der Waals surface area contributed by atoms with E-state index in [0.717, 1.165) is 17.9 Å². The van der Waals surface area contributed by atoms with E-state index in [2.05, 4.69) is 43.4 Å². The first kappa shape index (κ1) is 14.0. The summed E-state index contributed by atoms with van der Waals surface area (Å²) in [6.45, 7) is 8.84. The van der Waals surface area contributed by atoms with E-state index >= 15 is 0 Å². The molecule has 1 N–H and O–H groups in total. The third-order valence-electron chi connectivity index (χ3n) is 2.21. The highest BCUT2D eigenvalue weighted by molar-refractivity contribution is 8.00. The predicted octanol–water partition coefficient (Wildman–Crippen LogP) is 3.11. The molecule has 1 atom stereocenters. The van der Waals surface area contributed by atoms with Gasteiger partial charge in [0.15, 0.2) is 0 Å². The molecule has 16 heavy (non-hydrogen) atoms. The number of rotatable bonds is 5. The van der Waals surface area contributed by atoms with Gasteiger partial charge in [0.05, 0.1) is 5.01 Å². The molecule has 2 nitrogen and oxygen atoms in total. The van der Waals surface area contributed by atoms with E-state index in [1.54, 1.807) is 11.3 Å². The maximum absolute atomic E-state index is 4.51. The molecule has 92 valence electrons. The predicted molar refractivity (Wildman–Crippen MR) is 75.6 cm³/mol. The van der Waals surface area contributed by atoms with Crippen molar-refractivity contribution in [3.63, 3.8) is 0 Å². The van der Waals surface area contributed by atoms with Crippen molar-refractivity contribution in [2.24, 2.45) is 0 Å². The van der Waals surface area contributed by atoms with E-state index in [0.29, 0.717) is 10.8 Å². The second-order valence-electron chi connectivity index (χ2n) is 5.00. The van der Waals surface area contributed by atoms with Gasteiger partial charge >= 0.3 is 0 Å². The molecule has 0 fully saturated rings. The monoisotopic (exact) mass is 258 g/mol. The number of aryl methyl sites for hydroxylation is 1. The fourth-order valence-corrected chi connectivity index (χ4v) is 3.14. The largest absolute Gasteiger partial charge is 0.316 e. The van der Waals surface area contributed by atoms with Crippen LogP contribution < -0.4 is 5.32 Å². The van der Waals surface area contributed by atoms with Crippen molar-refractivity contribution in [3.05, 3.63) is 16.1 Å². The Morgan fingerprint density at radius 3 is 2.62 bits per heavy atom. The molecule has 0 aliphatic rings. The highest BCUT2D eigenvalue weighted by Gasteiger charge is 2.15. The van der Waals surface area contributed by atoms with Crippen molar-refractivity contribution in [2.45, 2.75) is 44.9 Å². The summed E-state index contributed by atoms with van der Waals surface area (Å²) in [5, 5.41) is 6.74. The van der Waals surface area contributed by atoms with Gasteiger partial charge in [-0.25, -0.2) is 4.98 Å². The fraction of sp³-hybridized carbons (Fsp3) is 0.750. The molecule has 0 aromatic carbocycles. The SMILES string of the molecule is CNC(CSC(C)(C)C)Cc1nc(C)cs1. The minimum Gasteiger partial charge on any atom is -0.316 e. The first-order chi connectivity index (χ1) is 7.40. The molecule has 4 heteroatoms. The van der Waals surface area contributed by atoms with Crippen molar-refractivity contribution in [2.75, 3.05) is 12.8 Å². The molecule has 0 saturated carbocycles. The van der Waals surface area contributed by atoms with Gasteiger partial charge in [0, 0.05) is 34.0 Å². The third-order valence-corrected chi connectivity index (χ3v) is 4.64. The minimum absolute atomic E-state index is 0.341. The van der Waals surface area contributed by atoms with E-state index in [-0.39, 0.29) is 0 Å². The van der Waals surface area contributed by atoms with E-state index in [4.69, 9.17) is 0 Å². The lowest BCUT2D eigenvalue weighted by atomic mass is 10.2. The van der Waals surface area contributed by atoms with Crippen LogP contribution in [0.4, 0.5) is 0 Å². The molecular weight excluding hydrogens is 236 g/mol. The Morgan fingerprint density at radius 1 is 1.50 bits per heavy atom. The highest BCUT2D eigenvalue weighted by atomic mass is 32.2. The normalized spacial score (nSPS) is 14.1. The van der Waals surface area contributed by atoms with Crippen molar-refractivity contribution in [3.8, 4) is 0 Å². The van der Waals surface area contributed by atoms with Crippen molar-refractivity contribution in [1.82, 2.24) is 10.3 Å². The molecule has 0 amide bonds. The molecule has 1 heterocycles. The number of nitrogens with zero attached hydrogens (tertiary/aromatic N) is 1. The zero-order valence-corrected chi connectivity index (χ0v) is 12.5. The molecule has 0 saturated heterocycles. The molecule has 1 rings (SSSR count). The molecule has 1 unspecified atom stereocenters. The molecule has 0 bridgehead atoms. The van der Waals surface area contributed by atoms with Crippen molar-refractivity contribution in [1.29, 1.82) is 0 Å². The average Bonchev–Trinajstić information content (AvgIpc) is 2.57. The Hall–Kier alpha value is -0.0600. The Labute approximate surface area is 107 Å². The number of aromatic nitrogens is 1. The first-order valence-corrected chi connectivity index (χ1v) is 7.49. The Balaban J connectivity index is 2.43. The Bertz CT molecular complexity index is 315. The van der Waals surface area contributed by atoms with Gasteiger partial charge in [-0.2, -0.15) is 11.8 Å². The Morgan fingerprint density at radius 2 is 2.19 bits per heavy atom. The quantitative estimate of drug-likeness (QED) is 0.878. The summed E-state index contributed by atoms with van der Waals surface area (Å²) in [6.07, 6.45) is 1.04. The van der Waals surface area contributed by atoms with Crippen LogP contribution in [0.15, 0.2) is 5.38 Å². The zero-order valence-electron chi connectivity index (χ0n) is 10.8. The van der Waals surface area contributed by atoms with Crippen LogP contribution in [0.25, 0.3) is 0 Å². The maximum Gasteiger partial charge on any atom is 0.0943 e. The van der Waals surface area contributed by atoms with Crippen molar-refractivity contribution < 1.29 is 0 Å². The smallest absolute Gasteiger partial charge is 0.0943 e. The third kappa shape index (κ3) is 5.32. The maximum atomic E-state index is 4.51. The lowest BCUT2D eigenvalue weighted by molar-refractivity contribution is 0.611. The second kappa shape index (κ2) is 6.03. The summed E-state index contributed by atoms with van der Waals surface area (Å²) < 4.78 is 0.341. The first-order valence-electron chi connectivity index (χ1n) is 5.63. The standard InChI is InChI=1S/C12H22N2S2/c1-9-7-15-11(14-9)6-10(13-5)8-16-12(2,3)4/h7,10,13H,6,8H2,1-5H3. The number of nitrogens with one attached hydrogen (secondary N) is 1. The lowest BCUT2D eigenvalue weighted by Crippen LogP contribution is -2.31. The van der Waals surface area contributed by atoms with Crippen molar-refractivity contribution >= 4 is 23.1 Å². The van der Waals surface area contributed by atoms with Crippen LogP contribution in [0.1, 0.15) is 31.5 Å². The number of thiazole rings is 1. The van der Waals surface area contributed by atoms with Gasteiger partial charge in [-0.05, 0) is 14.0 Å². The van der Waals surface area contributed by atoms with Crippen LogP contribution in [-0.2, 0) is 6.42 Å². The van der Waals surface area contributed by atoms with Crippen LogP contribution >= 0.6 is 23.1 Å². The molecule has 0 spiro atoms. The lowest BCUT2D eigenvalue weighted by Gasteiger charge is -2.22. The Kier molecular flexibility index (Phi) is 5.28.